The molecule has 0 aliphatic rings. The van der Waals surface area contributed by atoms with E-state index in [9.17, 15) is 9.59 Å². The topological polar surface area (TPSA) is 102 Å². The predicted molar refractivity (Wildman–Crippen MR) is 122 cm³/mol. The lowest BCUT2D eigenvalue weighted by Gasteiger charge is -2.09. The SMILES string of the molecule is Cc1onc(-c2c(Cl)cccc2Cl)c1COc1ccc(/C=C/C(=O)N[C@H](C)C(=O)O)cc1. The van der Waals surface area contributed by atoms with E-state index in [0.717, 1.165) is 11.1 Å². The molecular weight excluding hydrogens is 455 g/mol. The average molecular weight is 475 g/mol. The third-order valence-corrected chi connectivity index (χ3v) is 5.23. The minimum absolute atomic E-state index is 0.191. The van der Waals surface area contributed by atoms with Gasteiger partial charge in [-0.2, -0.15) is 0 Å². The number of nitrogens with one attached hydrogen (secondary N) is 1. The van der Waals surface area contributed by atoms with Gasteiger partial charge in [0, 0.05) is 11.6 Å². The average Bonchev–Trinajstić information content (AvgIpc) is 3.11. The van der Waals surface area contributed by atoms with Crippen LogP contribution in [0.15, 0.2) is 53.1 Å². The van der Waals surface area contributed by atoms with E-state index in [1.807, 2.05) is 0 Å². The summed E-state index contributed by atoms with van der Waals surface area (Å²) in [5, 5.41) is 16.2. The molecule has 0 bridgehead atoms. The number of carboxylic acid groups (broad SMARTS) is 1. The van der Waals surface area contributed by atoms with Crippen LogP contribution in [0.2, 0.25) is 10.0 Å². The lowest BCUT2D eigenvalue weighted by molar-refractivity contribution is -0.140. The monoisotopic (exact) mass is 474 g/mol. The Morgan fingerprint density at radius 2 is 1.84 bits per heavy atom. The van der Waals surface area contributed by atoms with E-state index in [2.05, 4.69) is 10.5 Å². The van der Waals surface area contributed by atoms with Crippen molar-refractivity contribution in [3.05, 3.63) is 75.5 Å². The number of carboxylic acids is 1. The number of aliphatic carboxylic acids is 1. The molecule has 2 N–H and O–H groups in total. The van der Waals surface area contributed by atoms with Crippen LogP contribution in [0, 0.1) is 6.92 Å². The van der Waals surface area contributed by atoms with Crippen LogP contribution in [0.3, 0.4) is 0 Å². The molecule has 0 fully saturated rings. The molecule has 9 heteroatoms. The highest BCUT2D eigenvalue weighted by atomic mass is 35.5. The fraction of sp³-hybridized carbons (Fsp3) is 0.174. The number of aryl methyl sites for hydroxylation is 1. The number of hydrogen-bond donors (Lipinski definition) is 2. The number of rotatable bonds is 8. The number of aromatic nitrogens is 1. The number of carbonyl (C=O) groups is 2. The number of halogens is 2. The van der Waals surface area contributed by atoms with Crippen LogP contribution in [0.5, 0.6) is 5.75 Å². The molecule has 166 valence electrons. The van der Waals surface area contributed by atoms with E-state index in [1.54, 1.807) is 55.5 Å². The van der Waals surface area contributed by atoms with Gasteiger partial charge in [0.15, 0.2) is 0 Å². The molecule has 3 aromatic rings. The number of carbonyl (C=O) groups excluding carboxylic acids is 1. The van der Waals surface area contributed by atoms with Gasteiger partial charge in [-0.25, -0.2) is 0 Å². The minimum Gasteiger partial charge on any atom is -0.489 e. The summed E-state index contributed by atoms with van der Waals surface area (Å²) in [5.74, 6) is -0.398. The second-order valence-corrected chi connectivity index (χ2v) is 7.74. The number of amides is 1. The Morgan fingerprint density at radius 3 is 2.47 bits per heavy atom. The molecular formula is C23H20Cl2N2O5. The predicted octanol–water partition coefficient (Wildman–Crippen LogP) is 5.14. The first-order valence-corrected chi connectivity index (χ1v) is 10.4. The molecule has 2 aromatic carbocycles. The van der Waals surface area contributed by atoms with Gasteiger partial charge < -0.3 is 19.7 Å². The quantitative estimate of drug-likeness (QED) is 0.438. The van der Waals surface area contributed by atoms with Gasteiger partial charge >= 0.3 is 5.97 Å². The van der Waals surface area contributed by atoms with Gasteiger partial charge in [0.2, 0.25) is 5.91 Å². The first-order chi connectivity index (χ1) is 15.3. The molecule has 0 radical (unpaired) electrons. The third-order valence-electron chi connectivity index (χ3n) is 4.60. The Bertz CT molecular complexity index is 1140. The van der Waals surface area contributed by atoms with Crippen molar-refractivity contribution >= 4 is 41.2 Å². The van der Waals surface area contributed by atoms with Crippen molar-refractivity contribution in [2.75, 3.05) is 0 Å². The molecule has 3 rings (SSSR count). The lowest BCUT2D eigenvalue weighted by atomic mass is 10.1. The minimum atomic E-state index is -1.10. The molecule has 1 heterocycles. The largest absolute Gasteiger partial charge is 0.489 e. The summed E-state index contributed by atoms with van der Waals surface area (Å²) in [6.45, 7) is 3.36. The summed E-state index contributed by atoms with van der Waals surface area (Å²) >= 11 is 12.6. The van der Waals surface area contributed by atoms with Gasteiger partial charge in [-0.1, -0.05) is 46.6 Å². The van der Waals surface area contributed by atoms with Gasteiger partial charge in [-0.15, -0.1) is 0 Å². The van der Waals surface area contributed by atoms with Crippen molar-refractivity contribution in [3.8, 4) is 17.0 Å². The zero-order valence-electron chi connectivity index (χ0n) is 17.3. The van der Waals surface area contributed by atoms with Crippen LogP contribution in [0.1, 0.15) is 23.8 Å². The smallest absolute Gasteiger partial charge is 0.325 e. The number of nitrogens with zero attached hydrogens (tertiary/aromatic N) is 1. The van der Waals surface area contributed by atoms with Crippen LogP contribution in [-0.2, 0) is 16.2 Å². The molecule has 1 aromatic heterocycles. The number of hydrogen-bond acceptors (Lipinski definition) is 5. The molecule has 0 saturated heterocycles. The highest BCUT2D eigenvalue weighted by molar-refractivity contribution is 6.39. The van der Waals surface area contributed by atoms with Gasteiger partial charge in [-0.05, 0) is 49.8 Å². The van der Waals surface area contributed by atoms with E-state index in [1.165, 1.54) is 13.0 Å². The van der Waals surface area contributed by atoms with Crippen molar-refractivity contribution in [2.45, 2.75) is 26.5 Å². The highest BCUT2D eigenvalue weighted by Gasteiger charge is 2.20. The van der Waals surface area contributed by atoms with Crippen LogP contribution in [-0.4, -0.2) is 28.2 Å². The lowest BCUT2D eigenvalue weighted by Crippen LogP contribution is -2.37. The Hall–Kier alpha value is -3.29. The fourth-order valence-corrected chi connectivity index (χ4v) is 3.38. The Balaban J connectivity index is 1.67. The summed E-state index contributed by atoms with van der Waals surface area (Å²) in [6.07, 6.45) is 2.85. The zero-order chi connectivity index (χ0) is 23.3. The van der Waals surface area contributed by atoms with E-state index in [4.69, 9.17) is 37.6 Å². The van der Waals surface area contributed by atoms with Crippen LogP contribution >= 0.6 is 23.2 Å². The zero-order valence-corrected chi connectivity index (χ0v) is 18.8. The first kappa shape index (κ1) is 23.4. The second-order valence-electron chi connectivity index (χ2n) is 6.92. The summed E-state index contributed by atoms with van der Waals surface area (Å²) in [4.78, 5) is 22.5. The van der Waals surface area contributed by atoms with Crippen molar-refractivity contribution in [1.82, 2.24) is 10.5 Å². The Labute approximate surface area is 194 Å². The van der Waals surface area contributed by atoms with Crippen LogP contribution < -0.4 is 10.1 Å². The summed E-state index contributed by atoms with van der Waals surface area (Å²) in [7, 11) is 0. The molecule has 0 unspecified atom stereocenters. The van der Waals surface area contributed by atoms with E-state index in [0.29, 0.717) is 32.8 Å². The van der Waals surface area contributed by atoms with Gasteiger partial charge in [0.25, 0.3) is 0 Å². The van der Waals surface area contributed by atoms with Crippen LogP contribution in [0.4, 0.5) is 0 Å². The fourth-order valence-electron chi connectivity index (χ4n) is 2.81. The van der Waals surface area contributed by atoms with Crippen molar-refractivity contribution in [3.63, 3.8) is 0 Å². The highest BCUT2D eigenvalue weighted by Crippen LogP contribution is 2.37. The normalized spacial score (nSPS) is 12.0. The summed E-state index contributed by atoms with van der Waals surface area (Å²) in [5.41, 5.74) is 2.59. The maximum absolute atomic E-state index is 11.7. The standard InChI is InChI=1S/C23H20Cl2N2O5/c1-13(23(29)30)26-20(28)11-8-15-6-9-16(10-7-15)31-12-17-14(2)32-27-22(17)21-18(24)4-3-5-19(21)25/h3-11,13H,12H2,1-2H3,(H,26,28)(H,29,30)/b11-8+/t13-/m1/s1. The first-order valence-electron chi connectivity index (χ1n) is 9.60. The van der Waals surface area contributed by atoms with Gasteiger partial charge in [0.1, 0.15) is 29.9 Å². The molecule has 0 aliphatic heterocycles. The van der Waals surface area contributed by atoms with E-state index >= 15 is 0 Å². The van der Waals surface area contributed by atoms with E-state index < -0.39 is 17.9 Å². The third kappa shape index (κ3) is 5.69. The maximum Gasteiger partial charge on any atom is 0.325 e. The summed E-state index contributed by atoms with van der Waals surface area (Å²) in [6, 6.07) is 11.3. The Morgan fingerprint density at radius 1 is 1.19 bits per heavy atom. The molecule has 0 aliphatic carbocycles. The van der Waals surface area contributed by atoms with Crippen molar-refractivity contribution in [1.29, 1.82) is 0 Å². The number of ether oxygens (including phenoxy) is 1. The Kier molecular flexibility index (Phi) is 7.56. The molecule has 1 amide bonds. The summed E-state index contributed by atoms with van der Waals surface area (Å²) < 4.78 is 11.2. The molecule has 0 saturated carbocycles. The second kappa shape index (κ2) is 10.3. The van der Waals surface area contributed by atoms with Crippen molar-refractivity contribution < 1.29 is 24.0 Å². The van der Waals surface area contributed by atoms with Crippen molar-refractivity contribution in [2.24, 2.45) is 0 Å². The molecule has 1 atom stereocenters. The van der Waals surface area contributed by atoms with Gasteiger partial charge in [-0.3, -0.25) is 9.59 Å². The van der Waals surface area contributed by atoms with Gasteiger partial charge in [0.05, 0.1) is 15.6 Å². The maximum atomic E-state index is 11.7. The molecule has 0 spiro atoms. The number of benzene rings is 2. The molecule has 32 heavy (non-hydrogen) atoms. The van der Waals surface area contributed by atoms with E-state index in [-0.39, 0.29) is 6.61 Å². The molecule has 7 nitrogen and oxygen atoms in total. The van der Waals surface area contributed by atoms with Crippen LogP contribution in [0.25, 0.3) is 17.3 Å².